The summed E-state index contributed by atoms with van der Waals surface area (Å²) in [5, 5.41) is 0. The molecule has 3 N–H and O–H groups in total. The summed E-state index contributed by atoms with van der Waals surface area (Å²) in [5.74, 6) is 0. The maximum absolute atomic E-state index is 11.8. The van der Waals surface area contributed by atoms with E-state index in [1.807, 2.05) is 24.3 Å². The van der Waals surface area contributed by atoms with Crippen molar-refractivity contribution >= 4 is 17.5 Å². The van der Waals surface area contributed by atoms with Crippen LogP contribution in [0.3, 0.4) is 0 Å². The molecule has 7 nitrogen and oxygen atoms in total. The molecule has 1 atom stereocenters. The van der Waals surface area contributed by atoms with Gasteiger partial charge in [0, 0.05) is 37.6 Å². The van der Waals surface area contributed by atoms with Gasteiger partial charge in [-0.15, -0.1) is 0 Å². The van der Waals surface area contributed by atoms with Crippen molar-refractivity contribution in [3.63, 3.8) is 0 Å². The second-order valence-corrected chi connectivity index (χ2v) is 5.10. The predicted octanol–water partition coefficient (Wildman–Crippen LogP) is 0.312. The van der Waals surface area contributed by atoms with Gasteiger partial charge in [-0.3, -0.25) is 9.74 Å². The fourth-order valence-electron chi connectivity index (χ4n) is 2.55. The Kier molecular flexibility index (Phi) is 4.23. The largest absolute Gasteiger partial charge is 0.443 e. The lowest BCUT2D eigenvalue weighted by atomic mass is 10.2. The molecule has 1 aromatic rings. The Morgan fingerprint density at radius 2 is 2.00 bits per heavy atom. The summed E-state index contributed by atoms with van der Waals surface area (Å²) in [5.41, 5.74) is 10.4. The van der Waals surface area contributed by atoms with Gasteiger partial charge in [-0.1, -0.05) is 0 Å². The van der Waals surface area contributed by atoms with Crippen molar-refractivity contribution in [2.24, 2.45) is 5.73 Å². The number of rotatable bonds is 3. The zero-order valence-electron chi connectivity index (χ0n) is 11.8. The summed E-state index contributed by atoms with van der Waals surface area (Å²) >= 11 is 0. The third kappa shape index (κ3) is 3.10. The van der Waals surface area contributed by atoms with Crippen molar-refractivity contribution in [2.45, 2.75) is 6.10 Å². The number of amides is 1. The smallest absolute Gasteiger partial charge is 0.414 e. The number of ether oxygens (including phenoxy) is 1. The van der Waals surface area contributed by atoms with Gasteiger partial charge in [-0.25, -0.2) is 10.3 Å². The van der Waals surface area contributed by atoms with Crippen molar-refractivity contribution in [1.29, 1.82) is 0 Å². The first-order valence-electron chi connectivity index (χ1n) is 7.16. The van der Waals surface area contributed by atoms with Gasteiger partial charge in [0.1, 0.15) is 6.10 Å². The highest BCUT2D eigenvalue weighted by Crippen LogP contribution is 2.24. The zero-order chi connectivity index (χ0) is 14.7. The molecule has 0 saturated carbocycles. The standard InChI is InChI=1S/C14H20N4O3/c15-9-13-10-18(14(19)21-13)12-3-1-11(2-4-12)17-6-5-16-20-8-7-17/h1-4,13,16H,5-10,15H2/t13-/m0/s1. The monoisotopic (exact) mass is 292 g/mol. The molecule has 114 valence electrons. The molecule has 0 aliphatic carbocycles. The van der Waals surface area contributed by atoms with Gasteiger partial charge in [0.05, 0.1) is 13.2 Å². The summed E-state index contributed by atoms with van der Waals surface area (Å²) in [4.78, 5) is 20.9. The van der Waals surface area contributed by atoms with E-state index in [0.29, 0.717) is 19.7 Å². The van der Waals surface area contributed by atoms with Gasteiger partial charge in [0.2, 0.25) is 0 Å². The van der Waals surface area contributed by atoms with Gasteiger partial charge in [0.25, 0.3) is 0 Å². The Bertz CT molecular complexity index is 485. The maximum Gasteiger partial charge on any atom is 0.414 e. The van der Waals surface area contributed by atoms with Crippen LogP contribution in [0.4, 0.5) is 16.2 Å². The van der Waals surface area contributed by atoms with Gasteiger partial charge in [-0.05, 0) is 24.3 Å². The molecule has 2 fully saturated rings. The number of nitrogens with zero attached hydrogens (tertiary/aromatic N) is 2. The van der Waals surface area contributed by atoms with Crippen LogP contribution in [0.5, 0.6) is 0 Å². The highest BCUT2D eigenvalue weighted by Gasteiger charge is 2.31. The quantitative estimate of drug-likeness (QED) is 0.835. The number of hydroxylamine groups is 1. The summed E-state index contributed by atoms with van der Waals surface area (Å²) in [6.45, 7) is 4.03. The third-order valence-corrected chi connectivity index (χ3v) is 3.71. The first kappa shape index (κ1) is 14.1. The topological polar surface area (TPSA) is 80.1 Å². The minimum atomic E-state index is -0.328. The summed E-state index contributed by atoms with van der Waals surface area (Å²) in [6, 6.07) is 7.91. The zero-order valence-corrected chi connectivity index (χ0v) is 11.8. The minimum absolute atomic E-state index is 0.217. The molecule has 2 saturated heterocycles. The molecule has 1 aromatic carbocycles. The van der Waals surface area contributed by atoms with Crippen molar-refractivity contribution in [2.75, 3.05) is 49.1 Å². The van der Waals surface area contributed by atoms with Crippen LogP contribution in [-0.2, 0) is 9.57 Å². The normalized spacial score (nSPS) is 23.1. The van der Waals surface area contributed by atoms with Gasteiger partial charge < -0.3 is 15.4 Å². The second kappa shape index (κ2) is 6.30. The van der Waals surface area contributed by atoms with Gasteiger partial charge in [0.15, 0.2) is 0 Å². The van der Waals surface area contributed by atoms with Crippen LogP contribution in [0.1, 0.15) is 0 Å². The van der Waals surface area contributed by atoms with E-state index in [2.05, 4.69) is 10.4 Å². The molecule has 0 radical (unpaired) electrons. The average molecular weight is 292 g/mol. The Morgan fingerprint density at radius 1 is 1.24 bits per heavy atom. The number of carbonyl (C=O) groups excluding carboxylic acids is 1. The fraction of sp³-hybridized carbons (Fsp3) is 0.500. The van der Waals surface area contributed by atoms with Crippen LogP contribution in [-0.4, -0.2) is 51.5 Å². The highest BCUT2D eigenvalue weighted by molar-refractivity contribution is 5.90. The molecule has 0 unspecified atom stereocenters. The molecule has 2 heterocycles. The van der Waals surface area contributed by atoms with E-state index < -0.39 is 0 Å². The van der Waals surface area contributed by atoms with Crippen LogP contribution < -0.4 is 21.0 Å². The predicted molar refractivity (Wildman–Crippen MR) is 79.3 cm³/mol. The number of cyclic esters (lactones) is 1. The van der Waals surface area contributed by atoms with E-state index in [-0.39, 0.29) is 12.2 Å². The van der Waals surface area contributed by atoms with E-state index in [1.54, 1.807) is 4.90 Å². The SMILES string of the molecule is NC[C@H]1CN(c2ccc(N3CCNOCC3)cc2)C(=O)O1. The second-order valence-electron chi connectivity index (χ2n) is 5.10. The van der Waals surface area contributed by atoms with Crippen molar-refractivity contribution in [1.82, 2.24) is 5.48 Å². The maximum atomic E-state index is 11.8. The number of hydrogen-bond donors (Lipinski definition) is 2. The molecular weight excluding hydrogens is 272 g/mol. The van der Waals surface area contributed by atoms with E-state index in [1.165, 1.54) is 0 Å². The molecule has 0 aromatic heterocycles. The van der Waals surface area contributed by atoms with Gasteiger partial charge >= 0.3 is 6.09 Å². The molecule has 2 aliphatic rings. The lowest BCUT2D eigenvalue weighted by Gasteiger charge is -2.22. The Hall–Kier alpha value is -1.83. The summed E-state index contributed by atoms with van der Waals surface area (Å²) in [7, 11) is 0. The first-order chi connectivity index (χ1) is 10.3. The van der Waals surface area contributed by atoms with Crippen LogP contribution >= 0.6 is 0 Å². The fourth-order valence-corrected chi connectivity index (χ4v) is 2.55. The number of benzene rings is 1. The summed E-state index contributed by atoms with van der Waals surface area (Å²) in [6.07, 6.45) is -0.545. The minimum Gasteiger partial charge on any atom is -0.443 e. The van der Waals surface area contributed by atoms with E-state index in [9.17, 15) is 4.79 Å². The van der Waals surface area contributed by atoms with Gasteiger partial charge in [-0.2, -0.15) is 0 Å². The Labute approximate surface area is 123 Å². The number of carbonyl (C=O) groups is 1. The van der Waals surface area contributed by atoms with Crippen molar-refractivity contribution in [3.8, 4) is 0 Å². The molecule has 2 aliphatic heterocycles. The van der Waals surface area contributed by atoms with Crippen LogP contribution in [0.15, 0.2) is 24.3 Å². The van der Waals surface area contributed by atoms with E-state index in [4.69, 9.17) is 15.3 Å². The number of hydrogen-bond acceptors (Lipinski definition) is 6. The molecular formula is C14H20N4O3. The highest BCUT2D eigenvalue weighted by atomic mass is 16.6. The average Bonchev–Trinajstić information content (AvgIpc) is 2.73. The summed E-state index contributed by atoms with van der Waals surface area (Å²) < 4.78 is 5.17. The lowest BCUT2D eigenvalue weighted by molar-refractivity contribution is 0.0589. The van der Waals surface area contributed by atoms with E-state index in [0.717, 1.165) is 31.0 Å². The van der Waals surface area contributed by atoms with Crippen molar-refractivity contribution in [3.05, 3.63) is 24.3 Å². The van der Waals surface area contributed by atoms with Crippen LogP contribution in [0, 0.1) is 0 Å². The Morgan fingerprint density at radius 3 is 2.71 bits per heavy atom. The van der Waals surface area contributed by atoms with Crippen molar-refractivity contribution < 1.29 is 14.4 Å². The molecule has 7 heteroatoms. The molecule has 3 rings (SSSR count). The third-order valence-electron chi connectivity index (χ3n) is 3.71. The lowest BCUT2D eigenvalue weighted by Crippen LogP contribution is -2.29. The van der Waals surface area contributed by atoms with Crippen LogP contribution in [0.2, 0.25) is 0 Å². The molecule has 0 bridgehead atoms. The number of anilines is 2. The molecule has 0 spiro atoms. The first-order valence-corrected chi connectivity index (χ1v) is 7.16. The number of nitrogens with one attached hydrogen (secondary N) is 1. The molecule has 1 amide bonds. The van der Waals surface area contributed by atoms with Crippen LogP contribution in [0.25, 0.3) is 0 Å². The van der Waals surface area contributed by atoms with E-state index >= 15 is 0 Å². The number of nitrogens with two attached hydrogens (primary N) is 1. The Balaban J connectivity index is 1.70. The molecule has 21 heavy (non-hydrogen) atoms.